The Labute approximate surface area is 203 Å². The molecule has 172 valence electrons. The Hall–Kier alpha value is -1.63. The predicted molar refractivity (Wildman–Crippen MR) is 129 cm³/mol. The van der Waals surface area contributed by atoms with Crippen molar-refractivity contribution in [3.63, 3.8) is 0 Å². The number of halogens is 2. The molecule has 1 saturated heterocycles. The van der Waals surface area contributed by atoms with Crippen molar-refractivity contribution >= 4 is 33.6 Å². The maximum Gasteiger partial charge on any atom is 0.412 e. The van der Waals surface area contributed by atoms with Gasteiger partial charge in [-0.3, -0.25) is 9.88 Å². The number of aromatic nitrogens is 1. The Kier molecular flexibility index (Phi) is 6.85. The van der Waals surface area contributed by atoms with Crippen LogP contribution in [0.4, 0.5) is 4.79 Å². The van der Waals surface area contributed by atoms with E-state index in [4.69, 9.17) is 26.1 Å². The van der Waals surface area contributed by atoms with E-state index in [9.17, 15) is 4.79 Å². The fourth-order valence-corrected chi connectivity index (χ4v) is 5.54. The normalized spacial score (nSPS) is 23.2. The highest BCUT2D eigenvalue weighted by atomic mass is 79.9. The molecule has 7 heteroatoms. The Morgan fingerprint density at radius 3 is 2.69 bits per heavy atom. The zero-order valence-corrected chi connectivity index (χ0v) is 21.4. The van der Waals surface area contributed by atoms with Crippen molar-refractivity contribution in [3.8, 4) is 0 Å². The minimum Gasteiger partial charge on any atom is -0.444 e. The molecule has 1 fully saturated rings. The number of methoxy groups -OCH3 is 1. The predicted octanol–water partition coefficient (Wildman–Crippen LogP) is 6.35. The average molecular weight is 522 g/mol. The highest BCUT2D eigenvalue weighted by Crippen LogP contribution is 2.44. The number of carbonyl (C=O) groups excluding carboxylic acids is 1. The topological polar surface area (TPSA) is 51.7 Å². The second kappa shape index (κ2) is 9.32. The van der Waals surface area contributed by atoms with Crippen LogP contribution in [0.1, 0.15) is 61.9 Å². The van der Waals surface area contributed by atoms with Crippen molar-refractivity contribution in [1.29, 1.82) is 0 Å². The first-order valence-electron chi connectivity index (χ1n) is 11.1. The van der Waals surface area contributed by atoms with E-state index in [1.165, 1.54) is 16.7 Å². The number of amides is 1. The first kappa shape index (κ1) is 23.5. The van der Waals surface area contributed by atoms with E-state index in [1.54, 1.807) is 12.0 Å². The summed E-state index contributed by atoms with van der Waals surface area (Å²) < 4.78 is 12.4. The van der Waals surface area contributed by atoms with Crippen LogP contribution >= 0.6 is 27.5 Å². The lowest BCUT2D eigenvalue weighted by molar-refractivity contribution is -0.0779. The van der Waals surface area contributed by atoms with Gasteiger partial charge in [-0.25, -0.2) is 4.79 Å². The van der Waals surface area contributed by atoms with Crippen LogP contribution in [-0.4, -0.2) is 41.5 Å². The molecule has 1 aliphatic heterocycles. The third-order valence-electron chi connectivity index (χ3n) is 6.33. The van der Waals surface area contributed by atoms with Gasteiger partial charge in [0.2, 0.25) is 0 Å². The Morgan fingerprint density at radius 1 is 1.22 bits per heavy atom. The fourth-order valence-electron chi connectivity index (χ4n) is 4.97. The lowest BCUT2D eigenvalue weighted by Gasteiger charge is -2.41. The van der Waals surface area contributed by atoms with Crippen molar-refractivity contribution in [2.75, 3.05) is 13.7 Å². The summed E-state index contributed by atoms with van der Waals surface area (Å²) in [6, 6.07) is 8.41. The largest absolute Gasteiger partial charge is 0.444 e. The van der Waals surface area contributed by atoms with Crippen LogP contribution in [0.3, 0.4) is 0 Å². The number of pyridine rings is 1. The number of carbonyl (C=O) groups is 1. The third-order valence-corrected chi connectivity index (χ3v) is 7.00. The smallest absolute Gasteiger partial charge is 0.412 e. The van der Waals surface area contributed by atoms with Crippen molar-refractivity contribution in [2.24, 2.45) is 5.92 Å². The monoisotopic (exact) mass is 520 g/mol. The molecular weight excluding hydrogens is 492 g/mol. The second-order valence-electron chi connectivity index (χ2n) is 9.67. The van der Waals surface area contributed by atoms with Crippen molar-refractivity contribution in [3.05, 3.63) is 62.3 Å². The number of likely N-dealkylation sites (tertiary alicyclic amines) is 1. The molecular formula is C25H30BrClN2O3. The summed E-state index contributed by atoms with van der Waals surface area (Å²) in [7, 11) is 1.66. The highest BCUT2D eigenvalue weighted by molar-refractivity contribution is 9.10. The maximum absolute atomic E-state index is 12.8. The number of nitrogens with zero attached hydrogens (tertiary/aromatic N) is 2. The van der Waals surface area contributed by atoms with E-state index in [0.717, 1.165) is 40.9 Å². The molecule has 0 spiro atoms. The van der Waals surface area contributed by atoms with Gasteiger partial charge in [0, 0.05) is 35.3 Å². The number of benzene rings is 1. The number of piperidine rings is 1. The summed E-state index contributed by atoms with van der Waals surface area (Å²) >= 11 is 9.94. The zero-order chi connectivity index (χ0) is 23.0. The van der Waals surface area contributed by atoms with Gasteiger partial charge in [0.25, 0.3) is 0 Å². The van der Waals surface area contributed by atoms with Gasteiger partial charge in [-0.2, -0.15) is 0 Å². The van der Waals surface area contributed by atoms with Crippen molar-refractivity contribution in [2.45, 2.75) is 64.2 Å². The van der Waals surface area contributed by atoms with Gasteiger partial charge >= 0.3 is 6.09 Å². The van der Waals surface area contributed by atoms with Gasteiger partial charge in [0.15, 0.2) is 0 Å². The number of fused-ring (bicyclic) bond motifs is 2. The average Bonchev–Trinajstić information content (AvgIpc) is 2.88. The number of hydrogen-bond donors (Lipinski definition) is 0. The van der Waals surface area contributed by atoms with E-state index >= 15 is 0 Å². The number of ether oxygens (including phenoxy) is 2. The number of aryl methyl sites for hydroxylation is 2. The molecule has 2 aromatic rings. The lowest BCUT2D eigenvalue weighted by atomic mass is 9.76. The molecule has 3 atom stereocenters. The molecule has 4 rings (SSSR count). The van der Waals surface area contributed by atoms with Gasteiger partial charge in [-0.15, -0.1) is 0 Å². The lowest BCUT2D eigenvalue weighted by Crippen LogP contribution is -2.49. The molecule has 5 nitrogen and oxygen atoms in total. The maximum atomic E-state index is 12.8. The summed E-state index contributed by atoms with van der Waals surface area (Å²) in [5.41, 5.74) is 4.41. The van der Waals surface area contributed by atoms with Crippen LogP contribution in [-0.2, 0) is 22.3 Å². The Balaban J connectivity index is 1.68. The van der Waals surface area contributed by atoms with Gasteiger partial charge in [-0.05, 0) is 103 Å². The van der Waals surface area contributed by atoms with Crippen LogP contribution in [0.5, 0.6) is 0 Å². The molecule has 0 radical (unpaired) electrons. The quantitative estimate of drug-likeness (QED) is 0.462. The molecule has 32 heavy (non-hydrogen) atoms. The van der Waals surface area contributed by atoms with E-state index in [1.807, 2.05) is 33.0 Å². The summed E-state index contributed by atoms with van der Waals surface area (Å²) in [6.07, 6.45) is 4.66. The summed E-state index contributed by atoms with van der Waals surface area (Å²) in [5, 5.41) is 0.761. The molecule has 1 aromatic heterocycles. The highest BCUT2D eigenvalue weighted by Gasteiger charge is 2.40. The molecule has 1 aromatic carbocycles. The molecule has 1 amide bonds. The summed E-state index contributed by atoms with van der Waals surface area (Å²) in [4.78, 5) is 19.4. The van der Waals surface area contributed by atoms with E-state index in [-0.39, 0.29) is 24.2 Å². The third kappa shape index (κ3) is 4.97. The molecule has 0 saturated carbocycles. The molecule has 0 N–H and O–H groups in total. The van der Waals surface area contributed by atoms with Crippen LogP contribution in [0.2, 0.25) is 5.02 Å². The van der Waals surface area contributed by atoms with E-state index in [2.05, 4.69) is 34.1 Å². The number of hydrogen-bond acceptors (Lipinski definition) is 4. The molecule has 0 bridgehead atoms. The fraction of sp³-hybridized carbons (Fsp3) is 0.520. The van der Waals surface area contributed by atoms with Gasteiger partial charge in [0.05, 0.1) is 5.69 Å². The van der Waals surface area contributed by atoms with Gasteiger partial charge < -0.3 is 9.47 Å². The first-order valence-corrected chi connectivity index (χ1v) is 12.3. The van der Waals surface area contributed by atoms with Crippen LogP contribution in [0, 0.1) is 5.92 Å². The number of rotatable bonds is 2. The molecule has 2 heterocycles. The Bertz CT molecular complexity index is 954. The van der Waals surface area contributed by atoms with Crippen LogP contribution in [0.25, 0.3) is 0 Å². The molecule has 2 aliphatic rings. The van der Waals surface area contributed by atoms with Crippen LogP contribution in [0.15, 0.2) is 34.9 Å². The second-order valence-corrected chi connectivity index (χ2v) is 11.0. The first-order chi connectivity index (χ1) is 15.2. The standard InChI is InChI=1S/C25H30BrClN2O3/c1-25(2,3)32-24(30)29-10-9-16(13-21(29)31-4)22-20-8-7-19(27)12-15(20)5-6-17-11-18(26)14-28-23(17)22/h7-8,11-12,14,16,21-22H,5-6,9-10,13H2,1-4H3. The Morgan fingerprint density at radius 2 is 1.97 bits per heavy atom. The van der Waals surface area contributed by atoms with Crippen molar-refractivity contribution in [1.82, 2.24) is 9.88 Å². The van der Waals surface area contributed by atoms with E-state index in [0.29, 0.717) is 6.54 Å². The zero-order valence-electron chi connectivity index (χ0n) is 19.0. The van der Waals surface area contributed by atoms with E-state index < -0.39 is 5.60 Å². The minimum atomic E-state index is -0.540. The summed E-state index contributed by atoms with van der Waals surface area (Å²) in [6.45, 7) is 6.23. The van der Waals surface area contributed by atoms with Crippen LogP contribution < -0.4 is 0 Å². The molecule has 3 unspecified atom stereocenters. The minimum absolute atomic E-state index is 0.131. The van der Waals surface area contributed by atoms with Crippen molar-refractivity contribution < 1.29 is 14.3 Å². The van der Waals surface area contributed by atoms with Gasteiger partial charge in [-0.1, -0.05) is 17.7 Å². The summed E-state index contributed by atoms with van der Waals surface area (Å²) in [5.74, 6) is 0.412. The SMILES string of the molecule is COC1CC(C2c3ccc(Cl)cc3CCc3cc(Br)cnc32)CCN1C(=O)OC(C)(C)C. The molecule has 1 aliphatic carbocycles. The van der Waals surface area contributed by atoms with Gasteiger partial charge in [0.1, 0.15) is 11.8 Å².